The highest BCUT2D eigenvalue weighted by atomic mass is 16.5. The first-order valence-electron chi connectivity index (χ1n) is 9.97. The first-order valence-corrected chi connectivity index (χ1v) is 9.97. The lowest BCUT2D eigenvalue weighted by Crippen LogP contribution is -2.13. The van der Waals surface area contributed by atoms with Crippen molar-refractivity contribution >= 4 is 0 Å². The van der Waals surface area contributed by atoms with Crippen molar-refractivity contribution < 1.29 is 4.74 Å². The lowest BCUT2D eigenvalue weighted by Gasteiger charge is -2.29. The van der Waals surface area contributed by atoms with E-state index in [1.165, 1.54) is 68.9 Å². The van der Waals surface area contributed by atoms with Gasteiger partial charge in [0.1, 0.15) is 5.75 Å². The first-order chi connectivity index (χ1) is 11.2. The molecular weight excluding hydrogens is 280 g/mol. The van der Waals surface area contributed by atoms with Crippen LogP contribution in [0.2, 0.25) is 0 Å². The standard InChI is InChI=1S/C22H36O/c1-4-6-8-9-19-10-12-20(13-11-19)21-14-15-22(18(3)17-21)23-16-7-5-2/h14-15,17,19-20H,4-13,16H2,1-3H3/t19-,20-. The van der Waals surface area contributed by atoms with Crippen LogP contribution in [0.25, 0.3) is 0 Å². The molecule has 1 nitrogen and oxygen atoms in total. The summed E-state index contributed by atoms with van der Waals surface area (Å²) >= 11 is 0. The molecule has 0 unspecified atom stereocenters. The van der Waals surface area contributed by atoms with Gasteiger partial charge in [-0.25, -0.2) is 0 Å². The van der Waals surface area contributed by atoms with Crippen molar-refractivity contribution in [3.05, 3.63) is 29.3 Å². The molecule has 23 heavy (non-hydrogen) atoms. The molecular formula is C22H36O. The molecule has 0 bridgehead atoms. The van der Waals surface area contributed by atoms with Crippen LogP contribution in [-0.2, 0) is 0 Å². The second kappa shape index (κ2) is 10.0. The lowest BCUT2D eigenvalue weighted by molar-refractivity contribution is 0.300. The van der Waals surface area contributed by atoms with E-state index in [1.54, 1.807) is 0 Å². The van der Waals surface area contributed by atoms with Gasteiger partial charge in [0.05, 0.1) is 6.61 Å². The summed E-state index contributed by atoms with van der Waals surface area (Å²) in [6, 6.07) is 6.90. The maximum atomic E-state index is 5.89. The Morgan fingerprint density at radius 2 is 1.70 bits per heavy atom. The van der Waals surface area contributed by atoms with E-state index in [2.05, 4.69) is 39.0 Å². The van der Waals surface area contributed by atoms with E-state index in [9.17, 15) is 0 Å². The highest BCUT2D eigenvalue weighted by molar-refractivity contribution is 5.37. The summed E-state index contributed by atoms with van der Waals surface area (Å²) in [6.45, 7) is 7.55. The highest BCUT2D eigenvalue weighted by Gasteiger charge is 2.22. The van der Waals surface area contributed by atoms with Crippen LogP contribution in [0.3, 0.4) is 0 Å². The molecule has 130 valence electrons. The number of ether oxygens (including phenoxy) is 1. The van der Waals surface area contributed by atoms with Crippen LogP contribution in [0.1, 0.15) is 95.1 Å². The van der Waals surface area contributed by atoms with E-state index < -0.39 is 0 Å². The number of hydrogen-bond donors (Lipinski definition) is 0. The molecule has 0 N–H and O–H groups in total. The minimum atomic E-state index is 0.779. The smallest absolute Gasteiger partial charge is 0.122 e. The monoisotopic (exact) mass is 316 g/mol. The van der Waals surface area contributed by atoms with E-state index >= 15 is 0 Å². The zero-order valence-electron chi connectivity index (χ0n) is 15.6. The minimum Gasteiger partial charge on any atom is -0.493 e. The summed E-state index contributed by atoms with van der Waals surface area (Å²) in [5.41, 5.74) is 2.85. The third-order valence-electron chi connectivity index (χ3n) is 5.49. The van der Waals surface area contributed by atoms with Crippen LogP contribution in [0.4, 0.5) is 0 Å². The Labute approximate surface area is 143 Å². The average molecular weight is 317 g/mol. The van der Waals surface area contributed by atoms with Crippen molar-refractivity contribution in [3.8, 4) is 5.75 Å². The lowest BCUT2D eigenvalue weighted by atomic mass is 9.77. The Morgan fingerprint density at radius 1 is 0.957 bits per heavy atom. The zero-order valence-corrected chi connectivity index (χ0v) is 15.6. The second-order valence-corrected chi connectivity index (χ2v) is 7.44. The molecule has 0 radical (unpaired) electrons. The van der Waals surface area contributed by atoms with Crippen LogP contribution in [0.5, 0.6) is 5.75 Å². The van der Waals surface area contributed by atoms with E-state index in [0.29, 0.717) is 0 Å². The molecule has 1 saturated carbocycles. The SMILES string of the molecule is CCCCC[C@H]1CC[C@H](c2ccc(OCCCC)c(C)c2)CC1. The molecule has 0 atom stereocenters. The summed E-state index contributed by atoms with van der Waals surface area (Å²) in [7, 11) is 0. The Bertz CT molecular complexity index is 443. The molecule has 0 heterocycles. The van der Waals surface area contributed by atoms with Gasteiger partial charge in [0.2, 0.25) is 0 Å². The Morgan fingerprint density at radius 3 is 2.35 bits per heavy atom. The van der Waals surface area contributed by atoms with Gasteiger partial charge in [-0.1, -0.05) is 58.1 Å². The summed E-state index contributed by atoms with van der Waals surface area (Å²) in [4.78, 5) is 0. The van der Waals surface area contributed by atoms with Crippen molar-refractivity contribution in [2.75, 3.05) is 6.61 Å². The van der Waals surface area contributed by atoms with Gasteiger partial charge >= 0.3 is 0 Å². The maximum absolute atomic E-state index is 5.89. The molecule has 1 fully saturated rings. The second-order valence-electron chi connectivity index (χ2n) is 7.44. The van der Waals surface area contributed by atoms with E-state index in [4.69, 9.17) is 4.74 Å². The Balaban J connectivity index is 1.82. The van der Waals surface area contributed by atoms with Gasteiger partial charge in [-0.05, 0) is 68.1 Å². The summed E-state index contributed by atoms with van der Waals surface area (Å²) < 4.78 is 5.89. The fourth-order valence-electron chi connectivity index (χ4n) is 3.88. The predicted octanol–water partition coefficient (Wildman–Crippen LogP) is 7.03. The number of unbranched alkanes of at least 4 members (excludes halogenated alkanes) is 3. The average Bonchev–Trinajstić information content (AvgIpc) is 2.57. The number of aryl methyl sites for hydroxylation is 1. The Hall–Kier alpha value is -0.980. The molecule has 2 rings (SSSR count). The summed E-state index contributed by atoms with van der Waals surface area (Å²) in [6.07, 6.45) is 13.6. The highest BCUT2D eigenvalue weighted by Crippen LogP contribution is 2.38. The molecule has 1 heteroatoms. The number of hydrogen-bond acceptors (Lipinski definition) is 1. The summed E-state index contributed by atoms with van der Waals surface area (Å²) in [5, 5.41) is 0. The van der Waals surface area contributed by atoms with Gasteiger partial charge < -0.3 is 4.74 Å². The minimum absolute atomic E-state index is 0.779. The zero-order chi connectivity index (χ0) is 16.5. The van der Waals surface area contributed by atoms with Gasteiger partial charge in [0.25, 0.3) is 0 Å². The summed E-state index contributed by atoms with van der Waals surface area (Å²) in [5.74, 6) is 2.85. The maximum Gasteiger partial charge on any atom is 0.122 e. The molecule has 0 saturated heterocycles. The van der Waals surface area contributed by atoms with Crippen LogP contribution in [-0.4, -0.2) is 6.61 Å². The van der Waals surface area contributed by atoms with Crippen LogP contribution < -0.4 is 4.74 Å². The number of rotatable bonds is 9. The third-order valence-corrected chi connectivity index (χ3v) is 5.49. The van der Waals surface area contributed by atoms with Gasteiger partial charge in [0.15, 0.2) is 0 Å². The van der Waals surface area contributed by atoms with E-state index in [1.807, 2.05) is 0 Å². The third kappa shape index (κ3) is 5.86. The van der Waals surface area contributed by atoms with Gasteiger partial charge in [-0.2, -0.15) is 0 Å². The quantitative estimate of drug-likeness (QED) is 0.444. The van der Waals surface area contributed by atoms with Crippen LogP contribution in [0, 0.1) is 12.8 Å². The molecule has 1 aromatic carbocycles. The Kier molecular flexibility index (Phi) is 7.99. The molecule has 0 aromatic heterocycles. The van der Waals surface area contributed by atoms with Gasteiger partial charge in [-0.3, -0.25) is 0 Å². The fourth-order valence-corrected chi connectivity index (χ4v) is 3.88. The molecule has 1 aromatic rings. The van der Waals surface area contributed by atoms with Crippen LogP contribution >= 0.6 is 0 Å². The van der Waals surface area contributed by atoms with Crippen molar-refractivity contribution in [1.82, 2.24) is 0 Å². The van der Waals surface area contributed by atoms with Gasteiger partial charge in [-0.15, -0.1) is 0 Å². The fraction of sp³-hybridized carbons (Fsp3) is 0.727. The van der Waals surface area contributed by atoms with Crippen molar-refractivity contribution in [2.45, 2.75) is 90.9 Å². The van der Waals surface area contributed by atoms with Crippen molar-refractivity contribution in [3.63, 3.8) is 0 Å². The molecule has 0 aliphatic heterocycles. The van der Waals surface area contributed by atoms with E-state index in [0.717, 1.165) is 30.6 Å². The largest absolute Gasteiger partial charge is 0.493 e. The van der Waals surface area contributed by atoms with Crippen LogP contribution in [0.15, 0.2) is 18.2 Å². The normalized spacial score (nSPS) is 21.3. The predicted molar refractivity (Wildman–Crippen MR) is 100 cm³/mol. The molecule has 0 amide bonds. The molecule has 1 aliphatic rings. The molecule has 1 aliphatic carbocycles. The molecule has 0 spiro atoms. The van der Waals surface area contributed by atoms with Crippen molar-refractivity contribution in [1.29, 1.82) is 0 Å². The topological polar surface area (TPSA) is 9.23 Å². The van der Waals surface area contributed by atoms with Crippen molar-refractivity contribution in [2.24, 2.45) is 5.92 Å². The first kappa shape index (κ1) is 18.4. The number of benzene rings is 1. The van der Waals surface area contributed by atoms with Gasteiger partial charge in [0, 0.05) is 0 Å². The van der Waals surface area contributed by atoms with E-state index in [-0.39, 0.29) is 0 Å².